The molecule has 0 aliphatic heterocycles. The Morgan fingerprint density at radius 2 is 1.70 bits per heavy atom. The Bertz CT molecular complexity index is 984. The summed E-state index contributed by atoms with van der Waals surface area (Å²) in [6, 6.07) is 20.3. The first-order valence-corrected chi connectivity index (χ1v) is 10.1. The van der Waals surface area contributed by atoms with Crippen LogP contribution in [0.25, 0.3) is 11.1 Å². The Balaban J connectivity index is 1.53. The molecule has 3 rings (SSSR count). The maximum atomic E-state index is 12.3. The molecule has 0 spiro atoms. The first kappa shape index (κ1) is 18.9. The van der Waals surface area contributed by atoms with Crippen LogP contribution in [-0.2, 0) is 16.6 Å². The van der Waals surface area contributed by atoms with E-state index in [9.17, 15) is 13.2 Å². The van der Waals surface area contributed by atoms with Gasteiger partial charge >= 0.3 is 0 Å². The average Bonchev–Trinajstić information content (AvgIpc) is 3.21. The van der Waals surface area contributed by atoms with Crippen LogP contribution in [0.15, 0.2) is 77.4 Å². The van der Waals surface area contributed by atoms with Crippen molar-refractivity contribution < 1.29 is 17.6 Å². The number of furan rings is 1. The van der Waals surface area contributed by atoms with Crippen molar-refractivity contribution in [2.45, 2.75) is 6.54 Å². The third-order valence-electron chi connectivity index (χ3n) is 3.93. The highest BCUT2D eigenvalue weighted by Gasteiger charge is 2.12. The monoisotopic (exact) mass is 384 g/mol. The standard InChI is InChI=1S/C20H20N2O4S/c23-20(18-9-4-8-17(14-18)16-6-2-1-3-7-16)21-11-13-27(24,25)22-15-19-10-5-12-26-19/h1-10,12,14,22H,11,13,15H2,(H,21,23). The summed E-state index contributed by atoms with van der Waals surface area (Å²) in [5, 5.41) is 2.65. The first-order chi connectivity index (χ1) is 13.0. The highest BCUT2D eigenvalue weighted by Crippen LogP contribution is 2.19. The normalized spacial score (nSPS) is 11.3. The minimum atomic E-state index is -3.51. The fourth-order valence-corrected chi connectivity index (χ4v) is 3.42. The van der Waals surface area contributed by atoms with Gasteiger partial charge in [0.15, 0.2) is 0 Å². The highest BCUT2D eigenvalue weighted by molar-refractivity contribution is 7.89. The Hall–Kier alpha value is -2.90. The lowest BCUT2D eigenvalue weighted by atomic mass is 10.0. The zero-order valence-electron chi connectivity index (χ0n) is 14.6. The largest absolute Gasteiger partial charge is 0.468 e. The van der Waals surface area contributed by atoms with Gasteiger partial charge in [0.05, 0.1) is 18.6 Å². The third kappa shape index (κ3) is 5.54. The van der Waals surface area contributed by atoms with E-state index in [2.05, 4.69) is 10.0 Å². The molecule has 0 aliphatic rings. The Morgan fingerprint density at radius 1 is 0.926 bits per heavy atom. The van der Waals surface area contributed by atoms with Gasteiger partial charge in [-0.15, -0.1) is 0 Å². The van der Waals surface area contributed by atoms with Gasteiger partial charge in [0.25, 0.3) is 5.91 Å². The molecule has 2 N–H and O–H groups in total. The van der Waals surface area contributed by atoms with Crippen LogP contribution in [-0.4, -0.2) is 26.6 Å². The third-order valence-corrected chi connectivity index (χ3v) is 5.26. The van der Waals surface area contributed by atoms with E-state index in [1.54, 1.807) is 30.3 Å². The lowest BCUT2D eigenvalue weighted by Gasteiger charge is -2.08. The molecule has 1 heterocycles. The summed E-state index contributed by atoms with van der Waals surface area (Å²) < 4.78 is 31.5. The van der Waals surface area contributed by atoms with Crippen LogP contribution in [0.5, 0.6) is 0 Å². The summed E-state index contributed by atoms with van der Waals surface area (Å²) in [7, 11) is -3.51. The molecule has 3 aromatic rings. The summed E-state index contributed by atoms with van der Waals surface area (Å²) in [6.07, 6.45) is 1.48. The van der Waals surface area contributed by atoms with Crippen molar-refractivity contribution in [1.82, 2.24) is 10.0 Å². The van der Waals surface area contributed by atoms with Crippen LogP contribution in [0, 0.1) is 0 Å². The van der Waals surface area contributed by atoms with E-state index in [1.807, 2.05) is 36.4 Å². The predicted molar refractivity (Wildman–Crippen MR) is 104 cm³/mol. The molecule has 1 amide bonds. The molecule has 6 nitrogen and oxygen atoms in total. The molecule has 140 valence electrons. The van der Waals surface area contributed by atoms with Crippen LogP contribution in [0.3, 0.4) is 0 Å². The number of rotatable bonds is 8. The van der Waals surface area contributed by atoms with Gasteiger partial charge in [0.1, 0.15) is 5.76 Å². The van der Waals surface area contributed by atoms with Gasteiger partial charge in [-0.05, 0) is 35.4 Å². The summed E-state index contributed by atoms with van der Waals surface area (Å²) in [6.45, 7) is 0.101. The highest BCUT2D eigenvalue weighted by atomic mass is 32.2. The van der Waals surface area contributed by atoms with Crippen LogP contribution < -0.4 is 10.0 Å². The van der Waals surface area contributed by atoms with Crippen LogP contribution in [0.1, 0.15) is 16.1 Å². The van der Waals surface area contributed by atoms with E-state index in [1.165, 1.54) is 6.26 Å². The van der Waals surface area contributed by atoms with Crippen molar-refractivity contribution in [2.75, 3.05) is 12.3 Å². The van der Waals surface area contributed by atoms with Gasteiger partial charge in [-0.2, -0.15) is 0 Å². The second kappa shape index (κ2) is 8.66. The van der Waals surface area contributed by atoms with Gasteiger partial charge in [-0.3, -0.25) is 4.79 Å². The average molecular weight is 384 g/mol. The Kier molecular flexibility index (Phi) is 6.05. The topological polar surface area (TPSA) is 88.4 Å². The van der Waals surface area contributed by atoms with Crippen LogP contribution >= 0.6 is 0 Å². The SMILES string of the molecule is O=C(NCCS(=O)(=O)NCc1ccco1)c1cccc(-c2ccccc2)c1. The number of hydrogen-bond donors (Lipinski definition) is 2. The second-order valence-electron chi connectivity index (χ2n) is 5.92. The van der Waals surface area contributed by atoms with Gasteiger partial charge in [-0.25, -0.2) is 13.1 Å². The summed E-state index contributed by atoms with van der Waals surface area (Å²) in [4.78, 5) is 12.3. The van der Waals surface area contributed by atoms with E-state index in [4.69, 9.17) is 4.42 Å². The van der Waals surface area contributed by atoms with Crippen molar-refractivity contribution in [2.24, 2.45) is 0 Å². The minimum Gasteiger partial charge on any atom is -0.468 e. The van der Waals surface area contributed by atoms with Gasteiger partial charge < -0.3 is 9.73 Å². The lowest BCUT2D eigenvalue weighted by Crippen LogP contribution is -2.34. The Labute approximate surface area is 158 Å². The molecule has 0 aliphatic carbocycles. The van der Waals surface area contributed by atoms with Crippen LogP contribution in [0.4, 0.5) is 0 Å². The molecule has 0 bridgehead atoms. The van der Waals surface area contributed by atoms with Crippen LogP contribution in [0.2, 0.25) is 0 Å². The Morgan fingerprint density at radius 3 is 2.44 bits per heavy atom. The number of sulfonamides is 1. The number of amides is 1. The maximum absolute atomic E-state index is 12.3. The molecule has 0 radical (unpaired) electrons. The number of benzene rings is 2. The smallest absolute Gasteiger partial charge is 0.251 e. The summed E-state index contributed by atoms with van der Waals surface area (Å²) in [5.74, 6) is 0.00650. The molecule has 2 aromatic carbocycles. The molecular formula is C20H20N2O4S. The first-order valence-electron chi connectivity index (χ1n) is 8.47. The predicted octanol–water partition coefficient (Wildman–Crippen LogP) is 2.80. The second-order valence-corrected chi connectivity index (χ2v) is 7.85. The van der Waals surface area contributed by atoms with Crippen molar-refractivity contribution in [3.63, 3.8) is 0 Å². The summed E-state index contributed by atoms with van der Waals surface area (Å²) in [5.41, 5.74) is 2.42. The fourth-order valence-electron chi connectivity index (χ4n) is 2.54. The summed E-state index contributed by atoms with van der Waals surface area (Å²) >= 11 is 0. The minimum absolute atomic E-state index is 0.0158. The molecular weight excluding hydrogens is 364 g/mol. The zero-order valence-corrected chi connectivity index (χ0v) is 15.4. The number of carbonyl (C=O) groups is 1. The number of nitrogens with one attached hydrogen (secondary N) is 2. The quantitative estimate of drug-likeness (QED) is 0.625. The van der Waals surface area contributed by atoms with Gasteiger partial charge in [-0.1, -0.05) is 42.5 Å². The zero-order chi connectivity index (χ0) is 19.1. The van der Waals surface area contributed by atoms with E-state index in [-0.39, 0.29) is 24.7 Å². The number of hydrogen-bond acceptors (Lipinski definition) is 4. The lowest BCUT2D eigenvalue weighted by molar-refractivity contribution is 0.0956. The molecule has 0 saturated heterocycles. The van der Waals surface area contributed by atoms with Crippen molar-refractivity contribution in [1.29, 1.82) is 0 Å². The molecule has 7 heteroatoms. The van der Waals surface area contributed by atoms with Crippen molar-refractivity contribution in [3.8, 4) is 11.1 Å². The van der Waals surface area contributed by atoms with E-state index in [0.717, 1.165) is 11.1 Å². The van der Waals surface area contributed by atoms with E-state index in [0.29, 0.717) is 11.3 Å². The maximum Gasteiger partial charge on any atom is 0.251 e. The van der Waals surface area contributed by atoms with E-state index < -0.39 is 10.0 Å². The molecule has 0 saturated carbocycles. The molecule has 0 fully saturated rings. The molecule has 27 heavy (non-hydrogen) atoms. The van der Waals surface area contributed by atoms with Crippen molar-refractivity contribution in [3.05, 3.63) is 84.3 Å². The van der Waals surface area contributed by atoms with Crippen molar-refractivity contribution >= 4 is 15.9 Å². The number of carbonyl (C=O) groups excluding carboxylic acids is 1. The molecule has 0 atom stereocenters. The fraction of sp³-hybridized carbons (Fsp3) is 0.150. The molecule has 0 unspecified atom stereocenters. The van der Waals surface area contributed by atoms with Gasteiger partial charge in [0.2, 0.25) is 10.0 Å². The van der Waals surface area contributed by atoms with E-state index >= 15 is 0 Å². The van der Waals surface area contributed by atoms with Gasteiger partial charge in [0, 0.05) is 12.1 Å². The molecule has 1 aromatic heterocycles.